The fraction of sp³-hybridized carbons (Fsp3) is 0.0500. The van der Waals surface area contributed by atoms with E-state index in [2.05, 4.69) is 15.2 Å². The molecule has 0 atom stereocenters. The number of hydrogen-bond acceptors (Lipinski definition) is 4. The van der Waals surface area contributed by atoms with Crippen LogP contribution in [-0.2, 0) is 6.18 Å². The van der Waals surface area contributed by atoms with Crippen molar-refractivity contribution in [1.29, 1.82) is 5.26 Å². The van der Waals surface area contributed by atoms with Crippen LogP contribution in [-0.4, -0.2) is 15.2 Å². The summed E-state index contributed by atoms with van der Waals surface area (Å²) in [4.78, 5) is 3.77. The van der Waals surface area contributed by atoms with Gasteiger partial charge in [0.2, 0.25) is 0 Å². The average Bonchev–Trinajstić information content (AvgIpc) is 3.31. The number of fused-ring (bicyclic) bond motifs is 1. The Balaban J connectivity index is 1.72. The third-order valence-electron chi connectivity index (χ3n) is 4.13. The van der Waals surface area contributed by atoms with Gasteiger partial charge in [-0.15, -0.1) is 0 Å². The van der Waals surface area contributed by atoms with Crippen LogP contribution in [0, 0.1) is 11.3 Å². The van der Waals surface area contributed by atoms with E-state index < -0.39 is 11.7 Å². The predicted molar refractivity (Wildman–Crippen MR) is 96.5 cm³/mol. The zero-order valence-electron chi connectivity index (χ0n) is 14.2. The molecule has 8 heteroatoms. The van der Waals surface area contributed by atoms with Crippen LogP contribution >= 0.6 is 0 Å². The monoisotopic (exact) mass is 380 g/mol. The topological polar surface area (TPSA) is 78.5 Å². The molecule has 0 spiro atoms. The SMILES string of the molecule is N#CC(=Cc1cn[nH]c1-c1cc2ccccc2o1)c1ccc(C(F)(F)F)cn1. The summed E-state index contributed by atoms with van der Waals surface area (Å²) in [6, 6.07) is 13.3. The molecule has 0 aliphatic carbocycles. The molecule has 1 aromatic carbocycles. The molecular weight excluding hydrogens is 369 g/mol. The van der Waals surface area contributed by atoms with Gasteiger partial charge >= 0.3 is 6.18 Å². The van der Waals surface area contributed by atoms with Crippen LogP contribution in [0.25, 0.3) is 34.1 Å². The fourth-order valence-electron chi connectivity index (χ4n) is 2.75. The van der Waals surface area contributed by atoms with E-state index in [4.69, 9.17) is 4.42 Å². The van der Waals surface area contributed by atoms with Gasteiger partial charge in [-0.05, 0) is 30.3 Å². The molecule has 4 aromatic rings. The Morgan fingerprint density at radius 2 is 1.96 bits per heavy atom. The van der Waals surface area contributed by atoms with E-state index >= 15 is 0 Å². The number of nitrogens with one attached hydrogen (secondary N) is 1. The molecule has 1 N–H and O–H groups in total. The number of para-hydroxylation sites is 1. The van der Waals surface area contributed by atoms with Gasteiger partial charge in [0.05, 0.1) is 23.0 Å². The minimum atomic E-state index is -4.49. The number of pyridine rings is 1. The number of rotatable bonds is 3. The Morgan fingerprint density at radius 1 is 1.14 bits per heavy atom. The normalized spacial score (nSPS) is 12.3. The van der Waals surface area contributed by atoms with Gasteiger partial charge < -0.3 is 4.42 Å². The molecule has 0 saturated heterocycles. The van der Waals surface area contributed by atoms with Crippen LogP contribution in [0.4, 0.5) is 13.2 Å². The standard InChI is InChI=1S/C20H11F3N4O/c21-20(22,23)15-5-6-16(25-11-15)13(9-24)7-14-10-26-27-19(14)18-8-12-3-1-2-4-17(12)28-18/h1-8,10-11H,(H,26,27). The van der Waals surface area contributed by atoms with Crippen molar-refractivity contribution in [1.82, 2.24) is 15.2 Å². The van der Waals surface area contributed by atoms with E-state index in [1.54, 1.807) is 0 Å². The van der Waals surface area contributed by atoms with Crippen molar-refractivity contribution in [3.63, 3.8) is 0 Å². The molecule has 0 aliphatic heterocycles. The second-order valence-electron chi connectivity index (χ2n) is 5.95. The maximum absolute atomic E-state index is 12.7. The van der Waals surface area contributed by atoms with Gasteiger partial charge in [0.15, 0.2) is 5.76 Å². The van der Waals surface area contributed by atoms with Crippen LogP contribution in [0.5, 0.6) is 0 Å². The Kier molecular flexibility index (Phi) is 4.20. The van der Waals surface area contributed by atoms with Crippen molar-refractivity contribution >= 4 is 22.6 Å². The highest BCUT2D eigenvalue weighted by Gasteiger charge is 2.30. The number of aromatic nitrogens is 3. The Hall–Kier alpha value is -3.86. The van der Waals surface area contributed by atoms with Crippen LogP contribution in [0.1, 0.15) is 16.8 Å². The highest BCUT2D eigenvalue weighted by atomic mass is 19.4. The number of nitrogens with zero attached hydrogens (tertiary/aromatic N) is 3. The second-order valence-corrected chi connectivity index (χ2v) is 5.95. The third kappa shape index (κ3) is 3.25. The van der Waals surface area contributed by atoms with Crippen molar-refractivity contribution in [3.05, 3.63) is 71.7 Å². The number of nitriles is 1. The van der Waals surface area contributed by atoms with Gasteiger partial charge in [0.1, 0.15) is 17.3 Å². The van der Waals surface area contributed by atoms with Gasteiger partial charge in [-0.3, -0.25) is 10.1 Å². The molecule has 0 saturated carbocycles. The van der Waals surface area contributed by atoms with Crippen molar-refractivity contribution in [2.24, 2.45) is 0 Å². The lowest BCUT2D eigenvalue weighted by molar-refractivity contribution is -0.137. The lowest BCUT2D eigenvalue weighted by Crippen LogP contribution is -2.05. The van der Waals surface area contributed by atoms with Gasteiger partial charge in [-0.2, -0.15) is 23.5 Å². The Labute approximate surface area is 156 Å². The van der Waals surface area contributed by atoms with E-state index in [1.807, 2.05) is 36.4 Å². The number of halogens is 3. The molecule has 0 unspecified atom stereocenters. The van der Waals surface area contributed by atoms with Crippen molar-refractivity contribution in [2.45, 2.75) is 6.18 Å². The molecule has 3 aromatic heterocycles. The molecule has 28 heavy (non-hydrogen) atoms. The van der Waals surface area contributed by atoms with Crippen molar-refractivity contribution < 1.29 is 17.6 Å². The summed E-state index contributed by atoms with van der Waals surface area (Å²) in [5.74, 6) is 0.530. The minimum absolute atomic E-state index is 0.104. The summed E-state index contributed by atoms with van der Waals surface area (Å²) in [6.07, 6.45) is -0.775. The molecule has 0 fully saturated rings. The molecule has 5 nitrogen and oxygen atoms in total. The van der Waals surface area contributed by atoms with E-state index in [1.165, 1.54) is 18.3 Å². The number of alkyl halides is 3. The summed E-state index contributed by atoms with van der Waals surface area (Å²) in [5.41, 5.74) is 1.17. The smallest absolute Gasteiger partial charge is 0.417 e. The summed E-state index contributed by atoms with van der Waals surface area (Å²) in [7, 11) is 0. The van der Waals surface area contributed by atoms with Crippen LogP contribution in [0.3, 0.4) is 0 Å². The van der Waals surface area contributed by atoms with E-state index in [0.29, 0.717) is 28.8 Å². The highest BCUT2D eigenvalue weighted by molar-refractivity contribution is 5.91. The largest absolute Gasteiger partial charge is 0.454 e. The first kappa shape index (κ1) is 17.5. The van der Waals surface area contributed by atoms with Gasteiger partial charge in [0, 0.05) is 17.1 Å². The summed E-state index contributed by atoms with van der Waals surface area (Å²) < 4.78 is 43.9. The summed E-state index contributed by atoms with van der Waals surface area (Å²) >= 11 is 0. The Morgan fingerprint density at radius 3 is 2.64 bits per heavy atom. The molecule has 0 aliphatic rings. The highest BCUT2D eigenvalue weighted by Crippen LogP contribution is 2.31. The predicted octanol–water partition coefficient (Wildman–Crippen LogP) is 5.30. The van der Waals surface area contributed by atoms with Gasteiger partial charge in [-0.25, -0.2) is 0 Å². The van der Waals surface area contributed by atoms with Crippen LogP contribution in [0.2, 0.25) is 0 Å². The molecule has 0 amide bonds. The van der Waals surface area contributed by atoms with Gasteiger partial charge in [-0.1, -0.05) is 18.2 Å². The van der Waals surface area contributed by atoms with Crippen LogP contribution < -0.4 is 0 Å². The average molecular weight is 380 g/mol. The zero-order valence-corrected chi connectivity index (χ0v) is 14.2. The fourth-order valence-corrected chi connectivity index (χ4v) is 2.75. The minimum Gasteiger partial charge on any atom is -0.454 e. The number of aromatic amines is 1. The first-order valence-corrected chi connectivity index (χ1v) is 8.13. The van der Waals surface area contributed by atoms with Crippen molar-refractivity contribution in [2.75, 3.05) is 0 Å². The third-order valence-corrected chi connectivity index (χ3v) is 4.13. The molecule has 4 rings (SSSR count). The zero-order chi connectivity index (χ0) is 19.7. The molecule has 0 radical (unpaired) electrons. The molecule has 138 valence electrons. The number of furan rings is 1. The molecular formula is C20H11F3N4O. The first-order valence-electron chi connectivity index (χ1n) is 8.13. The van der Waals surface area contributed by atoms with Crippen molar-refractivity contribution in [3.8, 4) is 17.5 Å². The molecule has 3 heterocycles. The number of hydrogen-bond donors (Lipinski definition) is 1. The number of benzene rings is 1. The van der Waals surface area contributed by atoms with E-state index in [-0.39, 0.29) is 11.3 Å². The summed E-state index contributed by atoms with van der Waals surface area (Å²) in [6.45, 7) is 0. The quantitative estimate of drug-likeness (QED) is 0.489. The number of H-pyrrole nitrogens is 1. The lowest BCUT2D eigenvalue weighted by atomic mass is 10.1. The lowest BCUT2D eigenvalue weighted by Gasteiger charge is -2.06. The first-order chi connectivity index (χ1) is 13.5. The summed E-state index contributed by atoms with van der Waals surface area (Å²) in [5, 5.41) is 17.2. The number of allylic oxidation sites excluding steroid dienone is 1. The maximum Gasteiger partial charge on any atom is 0.417 e. The Bertz CT molecular complexity index is 1180. The maximum atomic E-state index is 12.7. The van der Waals surface area contributed by atoms with Gasteiger partial charge in [0.25, 0.3) is 0 Å². The molecule has 0 bridgehead atoms. The van der Waals surface area contributed by atoms with E-state index in [0.717, 1.165) is 11.5 Å². The van der Waals surface area contributed by atoms with E-state index in [9.17, 15) is 18.4 Å². The van der Waals surface area contributed by atoms with Crippen LogP contribution in [0.15, 0.2) is 59.3 Å². The second kappa shape index (κ2) is 6.70.